The van der Waals surface area contributed by atoms with Crippen molar-refractivity contribution in [2.24, 2.45) is 0 Å². The summed E-state index contributed by atoms with van der Waals surface area (Å²) >= 11 is 0. The standard InChI is InChI=1S/C17H22FN5O/c18-13-4-1-3-12(9-13)10-22-15(11-24)7-8-16(22)17-19-20-21-23(17)14-5-2-6-14/h1,3-4,9,14-16,24H,2,5-8,10-11H2/t15-,16-/m0/s1. The molecule has 2 atom stereocenters. The van der Waals surface area contributed by atoms with E-state index in [2.05, 4.69) is 20.4 Å². The topological polar surface area (TPSA) is 67.1 Å². The predicted octanol–water partition coefficient (Wildman–Crippen LogP) is 2.24. The molecule has 0 amide bonds. The van der Waals surface area contributed by atoms with Gasteiger partial charge in [-0.3, -0.25) is 4.90 Å². The summed E-state index contributed by atoms with van der Waals surface area (Å²) in [7, 11) is 0. The van der Waals surface area contributed by atoms with Crippen LogP contribution in [0.4, 0.5) is 4.39 Å². The summed E-state index contributed by atoms with van der Waals surface area (Å²) in [5, 5.41) is 22.1. The average Bonchev–Trinajstić information content (AvgIpc) is 3.12. The highest BCUT2D eigenvalue weighted by Gasteiger charge is 2.38. The largest absolute Gasteiger partial charge is 0.395 e. The molecule has 1 aromatic heterocycles. The number of tetrazole rings is 1. The van der Waals surface area contributed by atoms with Gasteiger partial charge in [0.2, 0.25) is 0 Å². The van der Waals surface area contributed by atoms with Crippen LogP contribution >= 0.6 is 0 Å². The van der Waals surface area contributed by atoms with E-state index in [1.807, 2.05) is 10.7 Å². The van der Waals surface area contributed by atoms with Crippen LogP contribution in [0.5, 0.6) is 0 Å². The van der Waals surface area contributed by atoms with Gasteiger partial charge in [-0.15, -0.1) is 5.10 Å². The highest BCUT2D eigenvalue weighted by molar-refractivity contribution is 5.17. The molecule has 1 aliphatic carbocycles. The molecular formula is C17H22FN5O. The second-order valence-electron chi connectivity index (χ2n) is 6.80. The summed E-state index contributed by atoms with van der Waals surface area (Å²) < 4.78 is 15.5. The number of aromatic nitrogens is 4. The van der Waals surface area contributed by atoms with Crippen LogP contribution in [0.25, 0.3) is 0 Å². The molecule has 0 bridgehead atoms. The van der Waals surface area contributed by atoms with Gasteiger partial charge in [-0.25, -0.2) is 9.07 Å². The third-order valence-electron chi connectivity index (χ3n) is 5.34. The van der Waals surface area contributed by atoms with Gasteiger partial charge in [0.1, 0.15) is 5.82 Å². The number of likely N-dealkylation sites (tertiary alicyclic amines) is 1. The van der Waals surface area contributed by atoms with Crippen LogP contribution in [0.2, 0.25) is 0 Å². The molecule has 2 aliphatic rings. The monoisotopic (exact) mass is 331 g/mol. The maximum atomic E-state index is 13.5. The van der Waals surface area contributed by atoms with E-state index < -0.39 is 0 Å². The van der Waals surface area contributed by atoms with Gasteiger partial charge in [-0.1, -0.05) is 12.1 Å². The van der Waals surface area contributed by atoms with E-state index in [1.54, 1.807) is 12.1 Å². The van der Waals surface area contributed by atoms with Crippen LogP contribution < -0.4 is 0 Å². The molecule has 1 N–H and O–H groups in total. The maximum absolute atomic E-state index is 13.5. The zero-order chi connectivity index (χ0) is 16.5. The molecule has 0 radical (unpaired) electrons. The first kappa shape index (κ1) is 15.7. The van der Waals surface area contributed by atoms with Gasteiger partial charge in [0.15, 0.2) is 5.82 Å². The zero-order valence-corrected chi connectivity index (χ0v) is 13.6. The molecule has 2 fully saturated rings. The van der Waals surface area contributed by atoms with Crippen LogP contribution in [0.3, 0.4) is 0 Å². The molecule has 1 saturated heterocycles. The van der Waals surface area contributed by atoms with Crippen LogP contribution in [0.1, 0.15) is 55.6 Å². The average molecular weight is 331 g/mol. The van der Waals surface area contributed by atoms with Crippen molar-refractivity contribution in [2.45, 2.75) is 56.8 Å². The van der Waals surface area contributed by atoms with Crippen molar-refractivity contribution in [3.05, 3.63) is 41.5 Å². The van der Waals surface area contributed by atoms with Gasteiger partial charge >= 0.3 is 0 Å². The summed E-state index contributed by atoms with van der Waals surface area (Å²) in [5.41, 5.74) is 0.906. The zero-order valence-electron chi connectivity index (χ0n) is 13.6. The van der Waals surface area contributed by atoms with Gasteiger partial charge in [-0.05, 0) is 60.2 Å². The molecule has 1 saturated carbocycles. The number of rotatable bonds is 5. The molecule has 2 heterocycles. The Morgan fingerprint density at radius 3 is 2.79 bits per heavy atom. The number of nitrogens with zero attached hydrogens (tertiary/aromatic N) is 5. The summed E-state index contributed by atoms with van der Waals surface area (Å²) in [6.45, 7) is 0.683. The number of halogens is 1. The molecular weight excluding hydrogens is 309 g/mol. The van der Waals surface area contributed by atoms with Crippen LogP contribution in [-0.4, -0.2) is 42.9 Å². The minimum Gasteiger partial charge on any atom is -0.395 e. The van der Waals surface area contributed by atoms with E-state index >= 15 is 0 Å². The minimum absolute atomic E-state index is 0.0600. The third kappa shape index (κ3) is 2.82. The normalized spacial score (nSPS) is 25.1. The fraction of sp³-hybridized carbons (Fsp3) is 0.588. The van der Waals surface area contributed by atoms with Crippen LogP contribution in [-0.2, 0) is 6.54 Å². The Morgan fingerprint density at radius 2 is 2.08 bits per heavy atom. The minimum atomic E-state index is -0.233. The molecule has 1 aromatic carbocycles. The summed E-state index contributed by atoms with van der Waals surface area (Å²) in [5.74, 6) is 0.648. The molecule has 0 spiro atoms. The number of aliphatic hydroxyl groups excluding tert-OH is 1. The highest BCUT2D eigenvalue weighted by Crippen LogP contribution is 2.39. The Bertz CT molecular complexity index is 702. The van der Waals surface area contributed by atoms with Crippen molar-refractivity contribution in [2.75, 3.05) is 6.61 Å². The molecule has 128 valence electrons. The van der Waals surface area contributed by atoms with Gasteiger partial charge in [-0.2, -0.15) is 0 Å². The number of hydrogen-bond acceptors (Lipinski definition) is 5. The lowest BCUT2D eigenvalue weighted by atomic mass is 9.93. The van der Waals surface area contributed by atoms with E-state index in [4.69, 9.17) is 0 Å². The number of hydrogen-bond donors (Lipinski definition) is 1. The van der Waals surface area contributed by atoms with E-state index in [-0.39, 0.29) is 24.5 Å². The maximum Gasteiger partial charge on any atom is 0.168 e. The summed E-state index contributed by atoms with van der Waals surface area (Å²) in [4.78, 5) is 2.22. The van der Waals surface area contributed by atoms with E-state index in [1.165, 1.54) is 12.5 Å². The molecule has 6 nitrogen and oxygen atoms in total. The Labute approximate surface area is 140 Å². The lowest BCUT2D eigenvalue weighted by Crippen LogP contribution is -2.35. The van der Waals surface area contributed by atoms with Crippen molar-refractivity contribution in [1.82, 2.24) is 25.1 Å². The number of aliphatic hydroxyl groups is 1. The summed E-state index contributed by atoms with van der Waals surface area (Å²) in [6, 6.07) is 7.18. The van der Waals surface area contributed by atoms with E-state index in [9.17, 15) is 9.50 Å². The van der Waals surface area contributed by atoms with E-state index in [0.717, 1.165) is 37.1 Å². The Hall–Kier alpha value is -1.86. The quantitative estimate of drug-likeness (QED) is 0.910. The van der Waals surface area contributed by atoms with Crippen molar-refractivity contribution in [1.29, 1.82) is 0 Å². The van der Waals surface area contributed by atoms with Crippen molar-refractivity contribution in [3.63, 3.8) is 0 Å². The molecule has 4 rings (SSSR count). The molecule has 1 aliphatic heterocycles. The first-order valence-corrected chi connectivity index (χ1v) is 8.65. The van der Waals surface area contributed by atoms with Gasteiger partial charge in [0.25, 0.3) is 0 Å². The van der Waals surface area contributed by atoms with Crippen LogP contribution in [0, 0.1) is 5.82 Å². The van der Waals surface area contributed by atoms with Crippen molar-refractivity contribution >= 4 is 0 Å². The van der Waals surface area contributed by atoms with Crippen molar-refractivity contribution < 1.29 is 9.50 Å². The lowest BCUT2D eigenvalue weighted by molar-refractivity contribution is 0.114. The molecule has 0 unspecified atom stereocenters. The Balaban J connectivity index is 1.60. The SMILES string of the molecule is OC[C@@H]1CC[C@@H](c2nnnn2C2CCC2)N1Cc1cccc(F)c1. The smallest absolute Gasteiger partial charge is 0.168 e. The number of benzene rings is 1. The fourth-order valence-electron chi connectivity index (χ4n) is 3.81. The third-order valence-corrected chi connectivity index (χ3v) is 5.34. The summed E-state index contributed by atoms with van der Waals surface area (Å²) in [6.07, 6.45) is 5.28. The molecule has 7 heteroatoms. The first-order chi connectivity index (χ1) is 11.8. The second kappa shape index (κ2) is 6.57. The van der Waals surface area contributed by atoms with Gasteiger partial charge < -0.3 is 5.11 Å². The fourth-order valence-corrected chi connectivity index (χ4v) is 3.81. The lowest BCUT2D eigenvalue weighted by Gasteiger charge is -2.31. The highest BCUT2D eigenvalue weighted by atomic mass is 19.1. The van der Waals surface area contributed by atoms with Gasteiger partial charge in [0.05, 0.1) is 18.7 Å². The van der Waals surface area contributed by atoms with Gasteiger partial charge in [0, 0.05) is 12.6 Å². The Morgan fingerprint density at radius 1 is 1.21 bits per heavy atom. The Kier molecular flexibility index (Phi) is 4.28. The molecule has 24 heavy (non-hydrogen) atoms. The van der Waals surface area contributed by atoms with Crippen LogP contribution in [0.15, 0.2) is 24.3 Å². The first-order valence-electron chi connectivity index (χ1n) is 8.65. The van der Waals surface area contributed by atoms with Crippen molar-refractivity contribution in [3.8, 4) is 0 Å². The van der Waals surface area contributed by atoms with E-state index in [0.29, 0.717) is 12.6 Å². The predicted molar refractivity (Wildman–Crippen MR) is 85.5 cm³/mol. The molecule has 2 aromatic rings. The second-order valence-corrected chi connectivity index (χ2v) is 6.80.